The van der Waals surface area contributed by atoms with Gasteiger partial charge in [-0.2, -0.15) is 0 Å². The molecule has 0 bridgehead atoms. The van der Waals surface area contributed by atoms with E-state index in [1.165, 1.54) is 25.1 Å². The quantitative estimate of drug-likeness (QED) is 0.502. The lowest BCUT2D eigenvalue weighted by Crippen LogP contribution is -2.36. The van der Waals surface area contributed by atoms with E-state index in [9.17, 15) is 0 Å². The Balaban J connectivity index is 2.59. The van der Waals surface area contributed by atoms with Gasteiger partial charge >= 0.3 is 0 Å². The average Bonchev–Trinajstić information content (AvgIpc) is 1.95. The summed E-state index contributed by atoms with van der Waals surface area (Å²) in [7, 11) is 0. The molecule has 1 atom stereocenters. The third-order valence-electron chi connectivity index (χ3n) is 2.50. The summed E-state index contributed by atoms with van der Waals surface area (Å²) >= 11 is 0. The zero-order chi connectivity index (χ0) is 7.56. The normalized spacial score (nSPS) is 28.3. The van der Waals surface area contributed by atoms with Gasteiger partial charge in [-0.25, -0.2) is 0 Å². The number of hydrogen-bond donors (Lipinski definition) is 0. The molecular weight excluding hydrogens is 122 g/mol. The lowest BCUT2D eigenvalue weighted by molar-refractivity contribution is 0.237. The SMILES string of the molecule is CCN1CCC=C(C)C1C. The van der Waals surface area contributed by atoms with Crippen LogP contribution in [0.5, 0.6) is 0 Å². The molecule has 0 aromatic rings. The summed E-state index contributed by atoms with van der Waals surface area (Å²) < 4.78 is 0. The Kier molecular flexibility index (Phi) is 2.50. The molecule has 10 heavy (non-hydrogen) atoms. The summed E-state index contributed by atoms with van der Waals surface area (Å²) in [5.74, 6) is 0. The van der Waals surface area contributed by atoms with Crippen LogP contribution in [-0.2, 0) is 0 Å². The lowest BCUT2D eigenvalue weighted by Gasteiger charge is -2.31. The highest BCUT2D eigenvalue weighted by Gasteiger charge is 2.15. The second-order valence-electron chi connectivity index (χ2n) is 3.04. The van der Waals surface area contributed by atoms with Gasteiger partial charge in [0, 0.05) is 12.6 Å². The van der Waals surface area contributed by atoms with Crippen LogP contribution in [-0.4, -0.2) is 24.0 Å². The summed E-state index contributed by atoms with van der Waals surface area (Å²) in [5, 5.41) is 0. The van der Waals surface area contributed by atoms with E-state index in [2.05, 4.69) is 31.7 Å². The number of hydrogen-bond acceptors (Lipinski definition) is 1. The zero-order valence-electron chi connectivity index (χ0n) is 7.22. The van der Waals surface area contributed by atoms with Gasteiger partial charge in [-0.05, 0) is 26.8 Å². The van der Waals surface area contributed by atoms with Gasteiger partial charge < -0.3 is 0 Å². The minimum Gasteiger partial charge on any atom is -0.297 e. The minimum atomic E-state index is 0.679. The predicted molar refractivity (Wildman–Crippen MR) is 45.1 cm³/mol. The van der Waals surface area contributed by atoms with Crippen LogP contribution >= 0.6 is 0 Å². The summed E-state index contributed by atoms with van der Waals surface area (Å²) in [5.41, 5.74) is 1.54. The first-order valence-electron chi connectivity index (χ1n) is 4.16. The van der Waals surface area contributed by atoms with Crippen molar-refractivity contribution in [3.05, 3.63) is 11.6 Å². The molecule has 1 aliphatic heterocycles. The lowest BCUT2D eigenvalue weighted by atomic mass is 10.0. The van der Waals surface area contributed by atoms with Gasteiger partial charge in [0.05, 0.1) is 0 Å². The summed E-state index contributed by atoms with van der Waals surface area (Å²) in [4.78, 5) is 2.51. The fourth-order valence-corrected chi connectivity index (χ4v) is 1.54. The van der Waals surface area contributed by atoms with Gasteiger partial charge in [-0.15, -0.1) is 0 Å². The second-order valence-corrected chi connectivity index (χ2v) is 3.04. The van der Waals surface area contributed by atoms with Crippen LogP contribution in [0.3, 0.4) is 0 Å². The van der Waals surface area contributed by atoms with E-state index in [4.69, 9.17) is 0 Å². The van der Waals surface area contributed by atoms with E-state index in [-0.39, 0.29) is 0 Å². The van der Waals surface area contributed by atoms with Crippen molar-refractivity contribution in [3.8, 4) is 0 Å². The molecule has 0 N–H and O–H groups in total. The van der Waals surface area contributed by atoms with Crippen molar-refractivity contribution < 1.29 is 0 Å². The van der Waals surface area contributed by atoms with Crippen LogP contribution in [0.25, 0.3) is 0 Å². The molecule has 0 aromatic heterocycles. The summed E-state index contributed by atoms with van der Waals surface area (Å²) in [6.45, 7) is 9.18. The molecule has 1 rings (SSSR count). The van der Waals surface area contributed by atoms with Gasteiger partial charge in [-0.1, -0.05) is 18.6 Å². The van der Waals surface area contributed by atoms with E-state index in [0.29, 0.717) is 6.04 Å². The zero-order valence-corrected chi connectivity index (χ0v) is 7.22. The Hall–Kier alpha value is -0.300. The average molecular weight is 139 g/mol. The highest BCUT2D eigenvalue weighted by Crippen LogP contribution is 2.15. The molecule has 0 fully saturated rings. The smallest absolute Gasteiger partial charge is 0.0276 e. The van der Waals surface area contributed by atoms with Gasteiger partial charge in [0.1, 0.15) is 0 Å². The third kappa shape index (κ3) is 1.40. The van der Waals surface area contributed by atoms with Crippen molar-refractivity contribution in [1.29, 1.82) is 0 Å². The van der Waals surface area contributed by atoms with Gasteiger partial charge in [0.25, 0.3) is 0 Å². The van der Waals surface area contributed by atoms with Crippen molar-refractivity contribution in [2.24, 2.45) is 0 Å². The maximum absolute atomic E-state index is 2.51. The molecule has 0 aliphatic carbocycles. The molecule has 0 saturated carbocycles. The van der Waals surface area contributed by atoms with Crippen molar-refractivity contribution in [3.63, 3.8) is 0 Å². The highest BCUT2D eigenvalue weighted by molar-refractivity contribution is 5.10. The molecule has 1 unspecified atom stereocenters. The molecule has 1 heterocycles. The Labute approximate surface area is 63.7 Å². The molecule has 0 spiro atoms. The Morgan fingerprint density at radius 2 is 2.40 bits per heavy atom. The number of rotatable bonds is 1. The largest absolute Gasteiger partial charge is 0.297 e. The van der Waals surface area contributed by atoms with Crippen molar-refractivity contribution >= 4 is 0 Å². The molecule has 0 amide bonds. The monoisotopic (exact) mass is 139 g/mol. The van der Waals surface area contributed by atoms with Crippen molar-refractivity contribution in [1.82, 2.24) is 4.90 Å². The molecule has 58 valence electrons. The first-order valence-corrected chi connectivity index (χ1v) is 4.16. The molecule has 0 radical (unpaired) electrons. The molecule has 0 aromatic carbocycles. The molecule has 1 heteroatoms. The third-order valence-corrected chi connectivity index (χ3v) is 2.50. The van der Waals surface area contributed by atoms with Crippen LogP contribution in [0.2, 0.25) is 0 Å². The van der Waals surface area contributed by atoms with Crippen molar-refractivity contribution in [2.45, 2.75) is 33.2 Å². The van der Waals surface area contributed by atoms with Gasteiger partial charge in [0.2, 0.25) is 0 Å². The summed E-state index contributed by atoms with van der Waals surface area (Å²) in [6, 6.07) is 0.679. The topological polar surface area (TPSA) is 3.24 Å². The maximum atomic E-state index is 2.51. The van der Waals surface area contributed by atoms with Gasteiger partial charge in [0.15, 0.2) is 0 Å². The van der Waals surface area contributed by atoms with E-state index < -0.39 is 0 Å². The van der Waals surface area contributed by atoms with Gasteiger partial charge in [-0.3, -0.25) is 4.90 Å². The first-order chi connectivity index (χ1) is 4.75. The highest BCUT2D eigenvalue weighted by atomic mass is 15.1. The van der Waals surface area contributed by atoms with E-state index >= 15 is 0 Å². The predicted octanol–water partition coefficient (Wildman–Crippen LogP) is 2.05. The molecular formula is C9H17N. The standard InChI is InChI=1S/C9H17N/c1-4-10-7-5-6-8(2)9(10)3/h6,9H,4-5,7H2,1-3H3. The van der Waals surface area contributed by atoms with Crippen LogP contribution < -0.4 is 0 Å². The van der Waals surface area contributed by atoms with Crippen LogP contribution in [0.15, 0.2) is 11.6 Å². The number of likely N-dealkylation sites (N-methyl/N-ethyl adjacent to an activating group) is 1. The molecule has 1 aliphatic rings. The van der Waals surface area contributed by atoms with Crippen LogP contribution in [0.1, 0.15) is 27.2 Å². The second kappa shape index (κ2) is 3.20. The molecule has 0 saturated heterocycles. The Morgan fingerprint density at radius 3 is 2.90 bits per heavy atom. The van der Waals surface area contributed by atoms with E-state index in [1.54, 1.807) is 0 Å². The summed E-state index contributed by atoms with van der Waals surface area (Å²) in [6.07, 6.45) is 3.60. The van der Waals surface area contributed by atoms with Crippen molar-refractivity contribution in [2.75, 3.05) is 13.1 Å². The fraction of sp³-hybridized carbons (Fsp3) is 0.778. The van der Waals surface area contributed by atoms with E-state index in [1.807, 2.05) is 0 Å². The molecule has 1 nitrogen and oxygen atoms in total. The maximum Gasteiger partial charge on any atom is 0.0276 e. The minimum absolute atomic E-state index is 0.679. The Morgan fingerprint density at radius 1 is 1.70 bits per heavy atom. The number of nitrogens with zero attached hydrogens (tertiary/aromatic N) is 1. The fourth-order valence-electron chi connectivity index (χ4n) is 1.54. The Bertz CT molecular complexity index is 138. The van der Waals surface area contributed by atoms with E-state index in [0.717, 1.165) is 0 Å². The first kappa shape index (κ1) is 7.80. The van der Waals surface area contributed by atoms with Crippen LogP contribution in [0, 0.1) is 0 Å². The van der Waals surface area contributed by atoms with Crippen LogP contribution in [0.4, 0.5) is 0 Å².